The van der Waals surface area contributed by atoms with Gasteiger partial charge in [0.2, 0.25) is 11.8 Å². The number of aromatic hydroxyl groups is 1. The van der Waals surface area contributed by atoms with E-state index in [4.69, 9.17) is 4.74 Å². The summed E-state index contributed by atoms with van der Waals surface area (Å²) < 4.78 is 5.48. The van der Waals surface area contributed by atoms with Gasteiger partial charge in [-0.2, -0.15) is 0 Å². The molecule has 2 rings (SSSR count). The first kappa shape index (κ1) is 32.7. The summed E-state index contributed by atoms with van der Waals surface area (Å²) in [5.41, 5.74) is 2.66. The number of nitrogens with zero attached hydrogens (tertiary/aromatic N) is 1. The highest BCUT2D eigenvalue weighted by Crippen LogP contribution is 2.28. The summed E-state index contributed by atoms with van der Waals surface area (Å²) in [7, 11) is 0. The lowest BCUT2D eigenvalue weighted by atomic mass is 9.96. The maximum atomic E-state index is 14.4. The van der Waals surface area contributed by atoms with Crippen molar-refractivity contribution in [2.75, 3.05) is 0 Å². The SMILES string of the molecule is CCCC(C)NC(=O)C(c1cc(C)cc(C)c1)N(C(=O)C(Cc1ccc(O)cc1)NC(=O)OC(C)(C)C)C(C)C. The van der Waals surface area contributed by atoms with E-state index < -0.39 is 29.7 Å². The number of phenolic OH excluding ortho intramolecular Hbond substituents is 1. The van der Waals surface area contributed by atoms with Gasteiger partial charge in [0.15, 0.2) is 0 Å². The number of carbonyl (C=O) groups is 3. The number of hydrogen-bond acceptors (Lipinski definition) is 5. The van der Waals surface area contributed by atoms with Crippen LogP contribution in [0.1, 0.15) is 89.6 Å². The van der Waals surface area contributed by atoms with E-state index in [1.165, 1.54) is 12.1 Å². The van der Waals surface area contributed by atoms with Gasteiger partial charge in [0, 0.05) is 18.5 Å². The van der Waals surface area contributed by atoms with Crippen molar-refractivity contribution in [3.63, 3.8) is 0 Å². The number of phenols is 1. The summed E-state index contributed by atoms with van der Waals surface area (Å²) >= 11 is 0. The molecule has 0 aliphatic rings. The van der Waals surface area contributed by atoms with Gasteiger partial charge < -0.3 is 25.4 Å². The Bertz CT molecular complexity index is 1130. The lowest BCUT2D eigenvalue weighted by Crippen LogP contribution is -2.56. The van der Waals surface area contributed by atoms with E-state index in [2.05, 4.69) is 17.6 Å². The average molecular weight is 554 g/mol. The van der Waals surface area contributed by atoms with Crippen LogP contribution in [0.2, 0.25) is 0 Å². The Kier molecular flexibility index (Phi) is 11.6. The van der Waals surface area contributed by atoms with Gasteiger partial charge in [0.1, 0.15) is 23.4 Å². The van der Waals surface area contributed by atoms with Crippen molar-refractivity contribution < 1.29 is 24.2 Å². The Balaban J connectivity index is 2.59. The quantitative estimate of drug-likeness (QED) is 0.329. The molecule has 0 spiro atoms. The highest BCUT2D eigenvalue weighted by molar-refractivity contribution is 5.92. The molecule has 2 aromatic rings. The van der Waals surface area contributed by atoms with Gasteiger partial charge in [-0.25, -0.2) is 4.79 Å². The van der Waals surface area contributed by atoms with Crippen LogP contribution in [0.3, 0.4) is 0 Å². The Morgan fingerprint density at radius 2 is 1.52 bits per heavy atom. The third-order valence-corrected chi connectivity index (χ3v) is 6.37. The average Bonchev–Trinajstić information content (AvgIpc) is 2.80. The molecule has 0 saturated heterocycles. The number of alkyl carbamates (subject to hydrolysis) is 1. The normalized spacial score (nSPS) is 13.8. The highest BCUT2D eigenvalue weighted by atomic mass is 16.6. The largest absolute Gasteiger partial charge is 0.508 e. The van der Waals surface area contributed by atoms with Crippen LogP contribution in [-0.2, 0) is 20.7 Å². The van der Waals surface area contributed by atoms with Crippen LogP contribution in [0.5, 0.6) is 5.75 Å². The van der Waals surface area contributed by atoms with Crippen molar-refractivity contribution in [1.29, 1.82) is 0 Å². The maximum Gasteiger partial charge on any atom is 0.408 e. The van der Waals surface area contributed by atoms with Crippen molar-refractivity contribution in [2.45, 2.75) is 111 Å². The molecule has 0 aromatic heterocycles. The van der Waals surface area contributed by atoms with Gasteiger partial charge in [-0.1, -0.05) is 54.8 Å². The Labute approximate surface area is 239 Å². The first-order chi connectivity index (χ1) is 18.6. The molecule has 8 nitrogen and oxygen atoms in total. The van der Waals surface area contributed by atoms with Gasteiger partial charge in [0.25, 0.3) is 0 Å². The van der Waals surface area contributed by atoms with E-state index in [1.54, 1.807) is 37.8 Å². The number of hydrogen-bond donors (Lipinski definition) is 3. The highest BCUT2D eigenvalue weighted by Gasteiger charge is 2.38. The fraction of sp³-hybridized carbons (Fsp3) is 0.531. The second kappa shape index (κ2) is 14.2. The maximum absolute atomic E-state index is 14.4. The summed E-state index contributed by atoms with van der Waals surface area (Å²) in [6.07, 6.45) is 1.15. The number of rotatable bonds is 11. The molecule has 0 aliphatic heterocycles. The van der Waals surface area contributed by atoms with Crippen molar-refractivity contribution >= 4 is 17.9 Å². The van der Waals surface area contributed by atoms with Crippen LogP contribution in [0.15, 0.2) is 42.5 Å². The number of ether oxygens (including phenoxy) is 1. The van der Waals surface area contributed by atoms with Crippen LogP contribution in [-0.4, -0.2) is 51.6 Å². The van der Waals surface area contributed by atoms with Crippen molar-refractivity contribution in [1.82, 2.24) is 15.5 Å². The summed E-state index contributed by atoms with van der Waals surface area (Å²) in [6.45, 7) is 16.9. The predicted molar refractivity (Wildman–Crippen MR) is 158 cm³/mol. The zero-order valence-electron chi connectivity index (χ0n) is 25.5. The van der Waals surface area contributed by atoms with Crippen LogP contribution in [0, 0.1) is 13.8 Å². The van der Waals surface area contributed by atoms with E-state index in [1.807, 2.05) is 52.8 Å². The van der Waals surface area contributed by atoms with Gasteiger partial charge in [-0.15, -0.1) is 0 Å². The molecule has 40 heavy (non-hydrogen) atoms. The fourth-order valence-electron chi connectivity index (χ4n) is 4.81. The first-order valence-electron chi connectivity index (χ1n) is 14.1. The lowest BCUT2D eigenvalue weighted by molar-refractivity contribution is -0.144. The van der Waals surface area contributed by atoms with Crippen LogP contribution in [0.4, 0.5) is 4.79 Å². The Morgan fingerprint density at radius 3 is 2.02 bits per heavy atom. The fourth-order valence-corrected chi connectivity index (χ4v) is 4.81. The van der Waals surface area contributed by atoms with Crippen molar-refractivity contribution in [3.8, 4) is 5.75 Å². The zero-order chi connectivity index (χ0) is 30.2. The van der Waals surface area contributed by atoms with Crippen molar-refractivity contribution in [2.24, 2.45) is 0 Å². The molecule has 2 aromatic carbocycles. The molecule has 0 saturated carbocycles. The monoisotopic (exact) mass is 553 g/mol. The van der Waals surface area contributed by atoms with Crippen molar-refractivity contribution in [3.05, 3.63) is 64.7 Å². The summed E-state index contributed by atoms with van der Waals surface area (Å²) in [4.78, 5) is 42.7. The Hall–Kier alpha value is -3.55. The number of aryl methyl sites for hydroxylation is 2. The molecule has 3 unspecified atom stereocenters. The number of benzene rings is 2. The van der Waals surface area contributed by atoms with Gasteiger partial charge in [-0.3, -0.25) is 9.59 Å². The molecule has 0 radical (unpaired) electrons. The topological polar surface area (TPSA) is 108 Å². The molecule has 3 N–H and O–H groups in total. The summed E-state index contributed by atoms with van der Waals surface area (Å²) in [6, 6.07) is 10.00. The lowest BCUT2D eigenvalue weighted by Gasteiger charge is -2.38. The van der Waals surface area contributed by atoms with Crippen LogP contribution < -0.4 is 10.6 Å². The molecule has 3 amide bonds. The second-order valence-corrected chi connectivity index (χ2v) is 11.9. The summed E-state index contributed by atoms with van der Waals surface area (Å²) in [5, 5.41) is 15.6. The number of amides is 3. The van der Waals surface area contributed by atoms with Gasteiger partial charge >= 0.3 is 6.09 Å². The minimum Gasteiger partial charge on any atom is -0.508 e. The molecular weight excluding hydrogens is 506 g/mol. The molecule has 0 aliphatic carbocycles. The molecule has 3 atom stereocenters. The van der Waals surface area contributed by atoms with Crippen LogP contribution in [0.25, 0.3) is 0 Å². The molecule has 0 bridgehead atoms. The van der Waals surface area contributed by atoms with Gasteiger partial charge in [-0.05, 0) is 85.1 Å². The molecule has 220 valence electrons. The third kappa shape index (κ3) is 9.88. The first-order valence-corrected chi connectivity index (χ1v) is 14.1. The van der Waals surface area contributed by atoms with Crippen LogP contribution >= 0.6 is 0 Å². The zero-order valence-corrected chi connectivity index (χ0v) is 25.5. The minimum atomic E-state index is -1.02. The van der Waals surface area contributed by atoms with E-state index in [-0.39, 0.29) is 30.2 Å². The van der Waals surface area contributed by atoms with E-state index in [0.29, 0.717) is 5.56 Å². The predicted octanol–water partition coefficient (Wildman–Crippen LogP) is 5.73. The van der Waals surface area contributed by atoms with Gasteiger partial charge in [0.05, 0.1) is 0 Å². The van der Waals surface area contributed by atoms with E-state index in [9.17, 15) is 19.5 Å². The Morgan fingerprint density at radius 1 is 0.950 bits per heavy atom. The number of nitrogens with one attached hydrogen (secondary N) is 2. The van der Waals surface area contributed by atoms with E-state index in [0.717, 1.165) is 29.5 Å². The molecule has 0 heterocycles. The third-order valence-electron chi connectivity index (χ3n) is 6.37. The summed E-state index contributed by atoms with van der Waals surface area (Å²) in [5.74, 6) is -0.576. The molecule has 8 heteroatoms. The number of carbonyl (C=O) groups excluding carboxylic acids is 3. The molecular formula is C32H47N3O5. The van der Waals surface area contributed by atoms with E-state index >= 15 is 0 Å². The minimum absolute atomic E-state index is 0.0669. The second-order valence-electron chi connectivity index (χ2n) is 11.9. The smallest absolute Gasteiger partial charge is 0.408 e. The molecule has 0 fully saturated rings. The standard InChI is InChI=1S/C32H47N3O5/c1-10-11-23(6)33-29(37)28(25-17-21(4)16-22(5)18-25)35(20(2)3)30(38)27(34-31(39)40-32(7,8)9)19-24-12-14-26(36)15-13-24/h12-18,20,23,27-28,36H,10-11,19H2,1-9H3,(H,33,37)(H,34,39).